The molecule has 2 aliphatic rings. The minimum Gasteiger partial charge on any atom is -0.369 e. The van der Waals surface area contributed by atoms with Gasteiger partial charge in [0.25, 0.3) is 0 Å². The number of allylic oxidation sites excluding steroid dienone is 2. The van der Waals surface area contributed by atoms with E-state index in [1.54, 1.807) is 24.3 Å². The molecule has 1 amide bonds. The Balaban J connectivity index is 2.63. The molecule has 1 saturated heterocycles. The Morgan fingerprint density at radius 3 is 2.40 bits per heavy atom. The van der Waals surface area contributed by atoms with E-state index in [0.717, 1.165) is 12.8 Å². The summed E-state index contributed by atoms with van der Waals surface area (Å²) in [4.78, 5) is 12.3. The molecule has 0 aromatic heterocycles. The van der Waals surface area contributed by atoms with Gasteiger partial charge in [0.1, 0.15) is 0 Å². The molecular formula is C13H21N3O3S. The van der Waals surface area contributed by atoms with Crippen molar-refractivity contribution in [3.05, 3.63) is 24.3 Å². The van der Waals surface area contributed by atoms with Crippen molar-refractivity contribution >= 4 is 15.9 Å². The Kier molecular flexibility index (Phi) is 4.04. The van der Waals surface area contributed by atoms with Gasteiger partial charge in [-0.25, -0.2) is 12.7 Å². The van der Waals surface area contributed by atoms with Crippen LogP contribution in [-0.4, -0.2) is 55.6 Å². The number of hydrogen-bond acceptors (Lipinski definition) is 4. The zero-order chi connectivity index (χ0) is 15.0. The van der Waals surface area contributed by atoms with Crippen molar-refractivity contribution in [2.45, 2.75) is 17.7 Å². The molecule has 1 aliphatic heterocycles. The first-order valence-corrected chi connectivity index (χ1v) is 8.10. The molecule has 0 bridgehead atoms. The van der Waals surface area contributed by atoms with Crippen molar-refractivity contribution < 1.29 is 13.2 Å². The smallest absolute Gasteiger partial charge is 0.237 e. The van der Waals surface area contributed by atoms with E-state index in [0.29, 0.717) is 13.1 Å². The molecule has 2 unspecified atom stereocenters. The molecule has 0 aromatic rings. The van der Waals surface area contributed by atoms with Crippen LogP contribution in [0, 0.1) is 5.92 Å². The number of nitrogens with two attached hydrogens (primary N) is 1. The Hall–Kier alpha value is -1.18. The fourth-order valence-electron chi connectivity index (χ4n) is 2.98. The van der Waals surface area contributed by atoms with Gasteiger partial charge in [-0.1, -0.05) is 18.2 Å². The van der Waals surface area contributed by atoms with Gasteiger partial charge in [0.2, 0.25) is 15.9 Å². The molecule has 0 aromatic carbocycles. The van der Waals surface area contributed by atoms with E-state index in [1.165, 1.54) is 18.4 Å². The number of likely N-dealkylation sites (tertiary alicyclic amines) is 1. The molecule has 0 saturated carbocycles. The summed E-state index contributed by atoms with van der Waals surface area (Å²) >= 11 is 0. The summed E-state index contributed by atoms with van der Waals surface area (Å²) in [7, 11) is -0.752. The summed E-state index contributed by atoms with van der Waals surface area (Å²) in [6.07, 6.45) is 8.39. The minimum absolute atomic E-state index is 0.622. The Morgan fingerprint density at radius 2 is 1.90 bits per heavy atom. The van der Waals surface area contributed by atoms with Crippen LogP contribution in [0.15, 0.2) is 24.3 Å². The summed E-state index contributed by atoms with van der Waals surface area (Å²) in [6, 6.07) is 0. The number of primary amides is 1. The van der Waals surface area contributed by atoms with Crippen molar-refractivity contribution in [3.8, 4) is 0 Å². The second kappa shape index (κ2) is 5.31. The quantitative estimate of drug-likeness (QED) is 0.785. The first kappa shape index (κ1) is 15.2. The van der Waals surface area contributed by atoms with Gasteiger partial charge in [0.15, 0.2) is 4.87 Å². The van der Waals surface area contributed by atoms with Gasteiger partial charge >= 0.3 is 0 Å². The third-order valence-electron chi connectivity index (χ3n) is 4.00. The second-order valence-corrected chi connectivity index (χ2v) is 7.69. The number of carbonyl (C=O) groups is 1. The van der Waals surface area contributed by atoms with Gasteiger partial charge in [0.05, 0.1) is 5.92 Å². The van der Waals surface area contributed by atoms with Gasteiger partial charge in [-0.3, -0.25) is 9.69 Å². The van der Waals surface area contributed by atoms with E-state index in [2.05, 4.69) is 0 Å². The fourth-order valence-corrected chi connectivity index (χ4v) is 4.84. The van der Waals surface area contributed by atoms with Crippen LogP contribution in [0.3, 0.4) is 0 Å². The van der Waals surface area contributed by atoms with Crippen LogP contribution < -0.4 is 5.73 Å². The molecule has 2 N–H and O–H groups in total. The van der Waals surface area contributed by atoms with Crippen molar-refractivity contribution in [3.63, 3.8) is 0 Å². The van der Waals surface area contributed by atoms with Gasteiger partial charge in [0, 0.05) is 27.2 Å². The molecule has 0 spiro atoms. The SMILES string of the molecule is CN(C)S(=O)(=O)C1(N2CCCC2)C=CC=CC1C(N)=O. The number of hydrogen-bond donors (Lipinski definition) is 1. The highest BCUT2D eigenvalue weighted by atomic mass is 32.2. The Morgan fingerprint density at radius 1 is 1.30 bits per heavy atom. The lowest BCUT2D eigenvalue weighted by molar-refractivity contribution is -0.122. The van der Waals surface area contributed by atoms with Gasteiger partial charge in [-0.05, 0) is 18.9 Å². The van der Waals surface area contributed by atoms with E-state index in [-0.39, 0.29) is 0 Å². The van der Waals surface area contributed by atoms with Crippen molar-refractivity contribution in [2.24, 2.45) is 11.7 Å². The lowest BCUT2D eigenvalue weighted by Crippen LogP contribution is -2.62. The lowest BCUT2D eigenvalue weighted by Gasteiger charge is -2.44. The summed E-state index contributed by atoms with van der Waals surface area (Å²) in [5.74, 6) is -1.50. The highest BCUT2D eigenvalue weighted by Gasteiger charge is 2.56. The molecule has 1 heterocycles. The molecule has 7 heteroatoms. The second-order valence-electron chi connectivity index (χ2n) is 5.36. The molecular weight excluding hydrogens is 278 g/mol. The first-order chi connectivity index (χ1) is 9.34. The molecule has 2 rings (SSSR count). The zero-order valence-electron chi connectivity index (χ0n) is 11.8. The molecule has 0 radical (unpaired) electrons. The van der Waals surface area contributed by atoms with Crippen LogP contribution >= 0.6 is 0 Å². The maximum absolute atomic E-state index is 12.9. The largest absolute Gasteiger partial charge is 0.369 e. The highest BCUT2D eigenvalue weighted by molar-refractivity contribution is 7.90. The maximum atomic E-state index is 12.9. The third-order valence-corrected chi connectivity index (χ3v) is 6.43. The predicted octanol–water partition coefficient (Wildman–Crippen LogP) is -0.103. The third kappa shape index (κ3) is 2.10. The Bertz CT molecular complexity index is 547. The molecule has 112 valence electrons. The fraction of sp³-hybridized carbons (Fsp3) is 0.615. The highest BCUT2D eigenvalue weighted by Crippen LogP contribution is 2.39. The average molecular weight is 299 g/mol. The molecule has 2 atom stereocenters. The summed E-state index contributed by atoms with van der Waals surface area (Å²) in [5.41, 5.74) is 5.47. The lowest BCUT2D eigenvalue weighted by atomic mass is 9.92. The maximum Gasteiger partial charge on any atom is 0.237 e. The van der Waals surface area contributed by atoms with Crippen LogP contribution in [0.1, 0.15) is 12.8 Å². The summed E-state index contributed by atoms with van der Waals surface area (Å²) in [5, 5.41) is 0. The predicted molar refractivity (Wildman–Crippen MR) is 77.1 cm³/mol. The number of sulfonamides is 1. The van der Waals surface area contributed by atoms with Crippen LogP contribution in [0.2, 0.25) is 0 Å². The number of carbonyl (C=O) groups excluding carboxylic acids is 1. The van der Waals surface area contributed by atoms with Gasteiger partial charge < -0.3 is 5.73 Å². The topological polar surface area (TPSA) is 83.7 Å². The summed E-state index contributed by atoms with van der Waals surface area (Å²) < 4.78 is 27.0. The van der Waals surface area contributed by atoms with E-state index in [1.807, 2.05) is 4.90 Å². The number of rotatable bonds is 4. The van der Waals surface area contributed by atoms with E-state index in [9.17, 15) is 13.2 Å². The standard InChI is InChI=1S/C13H21N3O3S/c1-15(2)20(18,19)13(16-9-5-6-10-16)8-4-3-7-11(13)12(14)17/h3-4,7-8,11H,5-6,9-10H2,1-2H3,(H2,14,17). The van der Waals surface area contributed by atoms with Crippen LogP contribution in [0.25, 0.3) is 0 Å². The number of amides is 1. The average Bonchev–Trinajstić information content (AvgIpc) is 2.92. The van der Waals surface area contributed by atoms with E-state index < -0.39 is 26.7 Å². The summed E-state index contributed by atoms with van der Waals surface area (Å²) in [6.45, 7) is 1.30. The molecule has 1 aliphatic carbocycles. The van der Waals surface area contributed by atoms with Crippen LogP contribution in [-0.2, 0) is 14.8 Å². The zero-order valence-corrected chi connectivity index (χ0v) is 12.6. The van der Waals surface area contributed by atoms with E-state index in [4.69, 9.17) is 5.73 Å². The normalized spacial score (nSPS) is 31.1. The first-order valence-electron chi connectivity index (χ1n) is 6.66. The van der Waals surface area contributed by atoms with E-state index >= 15 is 0 Å². The van der Waals surface area contributed by atoms with Crippen molar-refractivity contribution in [2.75, 3.05) is 27.2 Å². The number of nitrogens with zero attached hydrogens (tertiary/aromatic N) is 2. The van der Waals surface area contributed by atoms with Crippen LogP contribution in [0.5, 0.6) is 0 Å². The Labute approximate surface area is 120 Å². The van der Waals surface area contributed by atoms with Crippen LogP contribution in [0.4, 0.5) is 0 Å². The van der Waals surface area contributed by atoms with Crippen molar-refractivity contribution in [1.29, 1.82) is 0 Å². The minimum atomic E-state index is -3.72. The molecule has 20 heavy (non-hydrogen) atoms. The van der Waals surface area contributed by atoms with Gasteiger partial charge in [-0.15, -0.1) is 0 Å². The molecule has 6 nitrogen and oxygen atoms in total. The molecule has 1 fully saturated rings. The van der Waals surface area contributed by atoms with Crippen molar-refractivity contribution in [1.82, 2.24) is 9.21 Å². The monoisotopic (exact) mass is 299 g/mol. The van der Waals surface area contributed by atoms with Gasteiger partial charge in [-0.2, -0.15) is 0 Å².